The van der Waals surface area contributed by atoms with Gasteiger partial charge in [0.25, 0.3) is 0 Å². The van der Waals surface area contributed by atoms with Crippen LogP contribution in [0, 0.1) is 12.3 Å². The highest BCUT2D eigenvalue weighted by atomic mass is 16.5. The zero-order valence-corrected chi connectivity index (χ0v) is 15.1. The Morgan fingerprint density at radius 3 is 2.43 bits per heavy atom. The summed E-state index contributed by atoms with van der Waals surface area (Å²) >= 11 is 0. The van der Waals surface area contributed by atoms with E-state index in [0.29, 0.717) is 0 Å². The molecule has 1 fully saturated rings. The first-order valence-corrected chi connectivity index (χ1v) is 9.02. The number of ether oxygens (including phenoxy) is 1. The Morgan fingerprint density at radius 1 is 1.22 bits per heavy atom. The van der Waals surface area contributed by atoms with E-state index in [9.17, 15) is 4.79 Å². The Kier molecular flexibility index (Phi) is 6.09. The number of unbranched alkanes of at least 4 members (excludes halogenated alkanes) is 2. The highest BCUT2D eigenvalue weighted by Gasteiger charge is 2.46. The Morgan fingerprint density at radius 2 is 1.87 bits per heavy atom. The summed E-state index contributed by atoms with van der Waals surface area (Å²) in [5.74, 6) is 1.16. The third kappa shape index (κ3) is 3.70. The van der Waals surface area contributed by atoms with Crippen molar-refractivity contribution in [3.8, 4) is 5.75 Å². The van der Waals surface area contributed by atoms with E-state index in [4.69, 9.17) is 4.74 Å². The molecule has 1 saturated heterocycles. The first-order chi connectivity index (χ1) is 11.1. The summed E-state index contributed by atoms with van der Waals surface area (Å²) in [4.78, 5) is 12.8. The topological polar surface area (TPSA) is 38.3 Å². The molecule has 2 rings (SSSR count). The average Bonchev–Trinajstić information content (AvgIpc) is 2.88. The molecule has 1 aliphatic heterocycles. The third-order valence-electron chi connectivity index (χ3n) is 5.32. The van der Waals surface area contributed by atoms with E-state index in [-0.39, 0.29) is 17.4 Å². The predicted octanol–water partition coefficient (Wildman–Crippen LogP) is 4.93. The second-order valence-corrected chi connectivity index (χ2v) is 6.89. The number of carbonyl (C=O) groups excluding carboxylic acids is 1. The molecule has 0 aliphatic carbocycles. The summed E-state index contributed by atoms with van der Waals surface area (Å²) in [5, 5.41) is 3.28. The molecule has 1 aliphatic rings. The van der Waals surface area contributed by atoms with E-state index in [1.165, 1.54) is 5.56 Å². The van der Waals surface area contributed by atoms with Crippen molar-refractivity contribution in [3.63, 3.8) is 0 Å². The van der Waals surface area contributed by atoms with Crippen LogP contribution in [-0.4, -0.2) is 13.0 Å². The normalized spacial score (nSPS) is 19.7. The zero-order valence-electron chi connectivity index (χ0n) is 15.1. The molecular formula is C20H31NO2. The molecule has 1 aromatic carbocycles. The number of benzene rings is 1. The predicted molar refractivity (Wildman–Crippen MR) is 94.7 cm³/mol. The molecule has 1 N–H and O–H groups in total. The molecule has 1 amide bonds. The number of amides is 1. The van der Waals surface area contributed by atoms with E-state index in [1.807, 2.05) is 12.1 Å². The third-order valence-corrected chi connectivity index (χ3v) is 5.32. The van der Waals surface area contributed by atoms with E-state index in [1.54, 1.807) is 7.11 Å². The van der Waals surface area contributed by atoms with Gasteiger partial charge in [-0.05, 0) is 43.4 Å². The highest BCUT2D eigenvalue weighted by molar-refractivity contribution is 5.85. The van der Waals surface area contributed by atoms with Gasteiger partial charge in [0.2, 0.25) is 5.91 Å². The van der Waals surface area contributed by atoms with Gasteiger partial charge < -0.3 is 10.1 Å². The number of nitrogens with one attached hydrogen (secondary N) is 1. The van der Waals surface area contributed by atoms with Crippen molar-refractivity contribution in [2.75, 3.05) is 7.11 Å². The molecule has 0 bridgehead atoms. The standard InChI is InChI=1S/C20H31NO2/c1-5-7-12-20(13-8-6-2)14-17(21-19(20)22)16-10-9-11-18(23-4)15(16)3/h9-11,17H,5-8,12-14H2,1-4H3,(H,21,22). The lowest BCUT2D eigenvalue weighted by atomic mass is 9.75. The van der Waals surface area contributed by atoms with E-state index in [2.05, 4.69) is 32.2 Å². The van der Waals surface area contributed by atoms with Gasteiger partial charge in [0.05, 0.1) is 18.6 Å². The second-order valence-electron chi connectivity index (χ2n) is 6.89. The first-order valence-electron chi connectivity index (χ1n) is 9.02. The van der Waals surface area contributed by atoms with Crippen molar-refractivity contribution in [1.29, 1.82) is 0 Å². The summed E-state index contributed by atoms with van der Waals surface area (Å²) < 4.78 is 5.44. The van der Waals surface area contributed by atoms with Crippen molar-refractivity contribution in [2.24, 2.45) is 5.41 Å². The number of carbonyl (C=O) groups is 1. The minimum Gasteiger partial charge on any atom is -0.496 e. The van der Waals surface area contributed by atoms with Crippen LogP contribution in [0.25, 0.3) is 0 Å². The number of methoxy groups -OCH3 is 1. The maximum absolute atomic E-state index is 12.8. The van der Waals surface area contributed by atoms with Crippen molar-refractivity contribution in [2.45, 2.75) is 71.8 Å². The molecule has 3 heteroatoms. The summed E-state index contributed by atoms with van der Waals surface area (Å²) in [7, 11) is 1.70. The van der Waals surface area contributed by atoms with Gasteiger partial charge in [-0.15, -0.1) is 0 Å². The van der Waals surface area contributed by atoms with Crippen LogP contribution < -0.4 is 10.1 Å². The maximum atomic E-state index is 12.8. The lowest BCUT2D eigenvalue weighted by molar-refractivity contribution is -0.128. The number of rotatable bonds is 8. The molecule has 1 heterocycles. The minimum absolute atomic E-state index is 0.117. The van der Waals surface area contributed by atoms with Crippen molar-refractivity contribution < 1.29 is 9.53 Å². The quantitative estimate of drug-likeness (QED) is 0.738. The smallest absolute Gasteiger partial charge is 0.226 e. The van der Waals surface area contributed by atoms with Crippen LogP contribution >= 0.6 is 0 Å². The van der Waals surface area contributed by atoms with Gasteiger partial charge in [0.15, 0.2) is 0 Å². The fraction of sp³-hybridized carbons (Fsp3) is 0.650. The van der Waals surface area contributed by atoms with Gasteiger partial charge in [0, 0.05) is 0 Å². The van der Waals surface area contributed by atoms with E-state index in [0.717, 1.165) is 56.3 Å². The minimum atomic E-state index is -0.174. The van der Waals surface area contributed by atoms with Crippen LogP contribution in [0.5, 0.6) is 5.75 Å². The lowest BCUT2D eigenvalue weighted by Crippen LogP contribution is -2.31. The van der Waals surface area contributed by atoms with Gasteiger partial charge in [-0.1, -0.05) is 51.7 Å². The van der Waals surface area contributed by atoms with Crippen LogP contribution in [0.1, 0.15) is 76.0 Å². The van der Waals surface area contributed by atoms with Crippen LogP contribution in [0.15, 0.2) is 18.2 Å². The van der Waals surface area contributed by atoms with Gasteiger partial charge in [-0.2, -0.15) is 0 Å². The second kappa shape index (κ2) is 7.85. The molecule has 128 valence electrons. The zero-order chi connectivity index (χ0) is 16.9. The van der Waals surface area contributed by atoms with E-state index >= 15 is 0 Å². The van der Waals surface area contributed by atoms with E-state index < -0.39 is 0 Å². The molecule has 0 radical (unpaired) electrons. The monoisotopic (exact) mass is 317 g/mol. The molecule has 1 atom stereocenters. The summed E-state index contributed by atoms with van der Waals surface area (Å²) in [6.07, 6.45) is 7.47. The van der Waals surface area contributed by atoms with Gasteiger partial charge in [-0.25, -0.2) is 0 Å². The van der Waals surface area contributed by atoms with Crippen LogP contribution in [0.4, 0.5) is 0 Å². The Balaban J connectivity index is 2.25. The largest absolute Gasteiger partial charge is 0.496 e. The first kappa shape index (κ1) is 17.8. The molecule has 0 saturated carbocycles. The van der Waals surface area contributed by atoms with Crippen molar-refractivity contribution in [3.05, 3.63) is 29.3 Å². The highest BCUT2D eigenvalue weighted by Crippen LogP contribution is 2.46. The fourth-order valence-corrected chi connectivity index (χ4v) is 3.85. The fourth-order valence-electron chi connectivity index (χ4n) is 3.85. The molecular weight excluding hydrogens is 286 g/mol. The van der Waals surface area contributed by atoms with Crippen molar-refractivity contribution >= 4 is 5.91 Å². The number of hydrogen-bond acceptors (Lipinski definition) is 2. The number of hydrogen-bond donors (Lipinski definition) is 1. The summed E-state index contributed by atoms with van der Waals surface area (Å²) in [5.41, 5.74) is 2.17. The Hall–Kier alpha value is -1.51. The Bertz CT molecular complexity index is 530. The summed E-state index contributed by atoms with van der Waals surface area (Å²) in [6, 6.07) is 6.24. The van der Waals surface area contributed by atoms with Crippen LogP contribution in [0.2, 0.25) is 0 Å². The molecule has 0 aromatic heterocycles. The van der Waals surface area contributed by atoms with Crippen molar-refractivity contribution in [1.82, 2.24) is 5.32 Å². The SMILES string of the molecule is CCCCC1(CCCC)CC(c2cccc(OC)c2C)NC1=O. The molecule has 1 unspecified atom stereocenters. The molecule has 0 spiro atoms. The van der Waals surface area contributed by atoms with Gasteiger partial charge >= 0.3 is 0 Å². The lowest BCUT2D eigenvalue weighted by Gasteiger charge is -2.26. The molecule has 3 nitrogen and oxygen atoms in total. The van der Waals surface area contributed by atoms with Crippen LogP contribution in [-0.2, 0) is 4.79 Å². The van der Waals surface area contributed by atoms with Crippen LogP contribution in [0.3, 0.4) is 0 Å². The maximum Gasteiger partial charge on any atom is 0.226 e. The van der Waals surface area contributed by atoms with Gasteiger partial charge in [-0.3, -0.25) is 4.79 Å². The molecule has 23 heavy (non-hydrogen) atoms. The van der Waals surface area contributed by atoms with Gasteiger partial charge in [0.1, 0.15) is 5.75 Å². The Labute approximate surface area is 140 Å². The average molecular weight is 317 g/mol. The summed E-state index contributed by atoms with van der Waals surface area (Å²) in [6.45, 7) is 6.48. The molecule has 1 aromatic rings.